The molecule has 25 heavy (non-hydrogen) atoms. The maximum atomic E-state index is 13.0. The van der Waals surface area contributed by atoms with Crippen LogP contribution in [0.5, 0.6) is 0 Å². The summed E-state index contributed by atoms with van der Waals surface area (Å²) in [6, 6.07) is 4.99. The number of thioether (sulfide) groups is 1. The molecule has 1 aromatic rings. The lowest BCUT2D eigenvalue weighted by Gasteiger charge is -2.29. The molecule has 0 spiro atoms. The van der Waals surface area contributed by atoms with Gasteiger partial charge in [-0.05, 0) is 56.1 Å². The molecule has 3 rings (SSSR count). The van der Waals surface area contributed by atoms with Crippen LogP contribution >= 0.6 is 11.8 Å². The van der Waals surface area contributed by atoms with Gasteiger partial charge in [0.15, 0.2) is 0 Å². The zero-order chi connectivity index (χ0) is 18.0. The van der Waals surface area contributed by atoms with Gasteiger partial charge in [-0.1, -0.05) is 6.92 Å². The highest BCUT2D eigenvalue weighted by atomic mass is 32.2. The Morgan fingerprint density at radius 3 is 2.36 bits per heavy atom. The first-order valence-corrected chi connectivity index (χ1v) is 11.6. The number of likely N-dealkylation sites (tertiary alicyclic amines) is 1. The van der Waals surface area contributed by atoms with Crippen molar-refractivity contribution in [2.75, 3.05) is 32.4 Å². The summed E-state index contributed by atoms with van der Waals surface area (Å²) in [5.74, 6) is 0.517. The summed E-state index contributed by atoms with van der Waals surface area (Å²) in [6.07, 6.45) is 5.73. The SMILES string of the molecule is CSc1ccc(S(=O)(=O)N2CCC(C)CC2)cc1C(=O)N1CCCC1. The zero-order valence-corrected chi connectivity index (χ0v) is 16.5. The number of carbonyl (C=O) groups excluding carboxylic acids is 1. The van der Waals surface area contributed by atoms with Crippen LogP contribution in [0.4, 0.5) is 0 Å². The number of sulfonamides is 1. The molecule has 1 amide bonds. The van der Waals surface area contributed by atoms with Gasteiger partial charge in [-0.15, -0.1) is 11.8 Å². The molecule has 0 atom stereocenters. The van der Waals surface area contributed by atoms with E-state index >= 15 is 0 Å². The molecule has 0 N–H and O–H groups in total. The number of nitrogens with zero attached hydrogens (tertiary/aromatic N) is 2. The highest BCUT2D eigenvalue weighted by molar-refractivity contribution is 7.98. The zero-order valence-electron chi connectivity index (χ0n) is 14.9. The first kappa shape index (κ1) is 18.7. The van der Waals surface area contributed by atoms with Crippen LogP contribution in [0.25, 0.3) is 0 Å². The van der Waals surface area contributed by atoms with Crippen molar-refractivity contribution in [3.63, 3.8) is 0 Å². The van der Waals surface area contributed by atoms with Crippen LogP contribution < -0.4 is 0 Å². The van der Waals surface area contributed by atoms with Crippen LogP contribution in [-0.2, 0) is 10.0 Å². The van der Waals surface area contributed by atoms with Gasteiger partial charge in [-0.25, -0.2) is 8.42 Å². The molecule has 138 valence electrons. The van der Waals surface area contributed by atoms with E-state index in [2.05, 4.69) is 6.92 Å². The van der Waals surface area contributed by atoms with Gasteiger partial charge < -0.3 is 4.90 Å². The number of hydrogen-bond donors (Lipinski definition) is 0. The molecule has 1 aromatic carbocycles. The molecule has 2 saturated heterocycles. The molecule has 0 aromatic heterocycles. The van der Waals surface area contributed by atoms with Crippen molar-refractivity contribution >= 4 is 27.7 Å². The normalized spacial score (nSPS) is 20.2. The largest absolute Gasteiger partial charge is 0.339 e. The van der Waals surface area contributed by atoms with Crippen LogP contribution in [0, 0.1) is 5.92 Å². The van der Waals surface area contributed by atoms with Crippen LogP contribution in [0.2, 0.25) is 0 Å². The minimum atomic E-state index is -3.54. The number of carbonyl (C=O) groups is 1. The Hall–Kier alpha value is -1.05. The van der Waals surface area contributed by atoms with Crippen molar-refractivity contribution in [1.29, 1.82) is 0 Å². The fourth-order valence-electron chi connectivity index (χ4n) is 3.48. The predicted molar refractivity (Wildman–Crippen MR) is 101 cm³/mol. The second kappa shape index (κ2) is 7.68. The lowest BCUT2D eigenvalue weighted by Crippen LogP contribution is -2.38. The standard InChI is InChI=1S/C18H26N2O3S2/c1-14-7-11-20(12-8-14)25(22,23)15-5-6-17(24-2)16(13-15)18(21)19-9-3-4-10-19/h5-6,13-14H,3-4,7-12H2,1-2H3. The first-order chi connectivity index (χ1) is 11.9. The number of amides is 1. The van der Waals surface area contributed by atoms with E-state index in [9.17, 15) is 13.2 Å². The summed E-state index contributed by atoms with van der Waals surface area (Å²) in [4.78, 5) is 15.7. The van der Waals surface area contributed by atoms with E-state index in [1.54, 1.807) is 22.5 Å². The molecule has 2 aliphatic heterocycles. The van der Waals surface area contributed by atoms with Crippen LogP contribution in [0.15, 0.2) is 28.0 Å². The summed E-state index contributed by atoms with van der Waals surface area (Å²) in [7, 11) is -3.54. The minimum Gasteiger partial charge on any atom is -0.339 e. The van der Waals surface area contributed by atoms with Crippen molar-refractivity contribution in [3.8, 4) is 0 Å². The van der Waals surface area contributed by atoms with E-state index in [1.807, 2.05) is 11.2 Å². The van der Waals surface area contributed by atoms with E-state index in [4.69, 9.17) is 0 Å². The molecular formula is C18H26N2O3S2. The fraction of sp³-hybridized carbons (Fsp3) is 0.611. The van der Waals surface area contributed by atoms with E-state index in [0.717, 1.165) is 43.7 Å². The fourth-order valence-corrected chi connectivity index (χ4v) is 5.55. The molecular weight excluding hydrogens is 356 g/mol. The van der Waals surface area contributed by atoms with Crippen molar-refractivity contribution in [3.05, 3.63) is 23.8 Å². The molecule has 2 fully saturated rings. The van der Waals surface area contributed by atoms with E-state index < -0.39 is 10.0 Å². The van der Waals surface area contributed by atoms with Crippen LogP contribution in [0.1, 0.15) is 43.0 Å². The molecule has 0 saturated carbocycles. The maximum absolute atomic E-state index is 13.0. The topological polar surface area (TPSA) is 57.7 Å². The van der Waals surface area contributed by atoms with Crippen molar-refractivity contribution in [1.82, 2.24) is 9.21 Å². The average molecular weight is 383 g/mol. The second-order valence-electron chi connectivity index (χ2n) is 6.95. The first-order valence-electron chi connectivity index (χ1n) is 8.91. The Kier molecular flexibility index (Phi) is 5.75. The predicted octanol–water partition coefficient (Wildman–Crippen LogP) is 3.07. The molecule has 7 heteroatoms. The third-order valence-corrected chi connectivity index (χ3v) is 7.87. The monoisotopic (exact) mass is 382 g/mol. The highest BCUT2D eigenvalue weighted by Crippen LogP contribution is 2.29. The molecule has 2 heterocycles. The van der Waals surface area contributed by atoms with Gasteiger partial charge in [0.1, 0.15) is 0 Å². The summed E-state index contributed by atoms with van der Waals surface area (Å²) in [5, 5.41) is 0. The van der Waals surface area contributed by atoms with Crippen molar-refractivity contribution in [2.24, 2.45) is 5.92 Å². The minimum absolute atomic E-state index is 0.0498. The Labute approximate surface area is 154 Å². The number of piperidine rings is 1. The lowest BCUT2D eigenvalue weighted by atomic mass is 10.0. The van der Waals surface area contributed by atoms with Gasteiger partial charge in [-0.3, -0.25) is 4.79 Å². The molecule has 0 aliphatic carbocycles. The van der Waals surface area contributed by atoms with Crippen LogP contribution in [-0.4, -0.2) is 56.0 Å². The summed E-state index contributed by atoms with van der Waals surface area (Å²) in [5.41, 5.74) is 0.515. The van der Waals surface area contributed by atoms with Gasteiger partial charge in [-0.2, -0.15) is 4.31 Å². The Balaban J connectivity index is 1.91. The Bertz CT molecular complexity index is 735. The Morgan fingerprint density at radius 1 is 1.12 bits per heavy atom. The van der Waals surface area contributed by atoms with Gasteiger partial charge in [0.05, 0.1) is 10.5 Å². The lowest BCUT2D eigenvalue weighted by molar-refractivity contribution is 0.0789. The Morgan fingerprint density at radius 2 is 1.76 bits per heavy atom. The van der Waals surface area contributed by atoms with E-state index in [1.165, 1.54) is 11.8 Å². The van der Waals surface area contributed by atoms with Crippen LogP contribution in [0.3, 0.4) is 0 Å². The highest BCUT2D eigenvalue weighted by Gasteiger charge is 2.30. The summed E-state index contributed by atoms with van der Waals surface area (Å²) >= 11 is 1.48. The quantitative estimate of drug-likeness (QED) is 0.751. The van der Waals surface area contributed by atoms with E-state index in [-0.39, 0.29) is 10.8 Å². The maximum Gasteiger partial charge on any atom is 0.255 e. The third-order valence-electron chi connectivity index (χ3n) is 5.18. The van der Waals surface area contributed by atoms with Crippen molar-refractivity contribution < 1.29 is 13.2 Å². The number of benzene rings is 1. The molecule has 5 nitrogen and oxygen atoms in total. The molecule has 2 aliphatic rings. The van der Waals surface area contributed by atoms with Gasteiger partial charge >= 0.3 is 0 Å². The molecule has 0 unspecified atom stereocenters. The van der Waals surface area contributed by atoms with Crippen molar-refractivity contribution in [2.45, 2.75) is 42.4 Å². The van der Waals surface area contributed by atoms with Gasteiger partial charge in [0.2, 0.25) is 10.0 Å². The van der Waals surface area contributed by atoms with Gasteiger partial charge in [0.25, 0.3) is 5.91 Å². The number of hydrogen-bond acceptors (Lipinski definition) is 4. The summed E-state index contributed by atoms with van der Waals surface area (Å²) < 4.78 is 27.5. The second-order valence-corrected chi connectivity index (χ2v) is 9.73. The summed E-state index contributed by atoms with van der Waals surface area (Å²) in [6.45, 7) is 4.79. The smallest absolute Gasteiger partial charge is 0.255 e. The average Bonchev–Trinajstić information content (AvgIpc) is 3.15. The number of rotatable bonds is 4. The molecule has 0 bridgehead atoms. The molecule has 0 radical (unpaired) electrons. The third kappa shape index (κ3) is 3.88. The van der Waals surface area contributed by atoms with E-state index in [0.29, 0.717) is 24.6 Å². The van der Waals surface area contributed by atoms with Gasteiger partial charge in [0, 0.05) is 31.1 Å².